The molecule has 8 aromatic carbocycles. The second kappa shape index (κ2) is 12.5. The lowest BCUT2D eigenvalue weighted by Crippen LogP contribution is -2.34. The zero-order chi connectivity index (χ0) is 35.5. The molecule has 0 amide bonds. The van der Waals surface area contributed by atoms with Gasteiger partial charge in [-0.3, -0.25) is 0 Å². The van der Waals surface area contributed by atoms with Gasteiger partial charge in [0.05, 0.1) is 0 Å². The molecule has 256 valence electrons. The Morgan fingerprint density at radius 2 is 0.642 bits per heavy atom. The molecule has 4 nitrogen and oxygen atoms in total. The van der Waals surface area contributed by atoms with Crippen molar-refractivity contribution in [3.8, 4) is 0 Å². The summed E-state index contributed by atoms with van der Waals surface area (Å²) in [7, 11) is 0. The molecule has 4 heteroatoms. The van der Waals surface area contributed by atoms with Crippen LogP contribution in [0, 0.1) is 5.41 Å². The van der Waals surface area contributed by atoms with Gasteiger partial charge >= 0.3 is 0 Å². The summed E-state index contributed by atoms with van der Waals surface area (Å²) >= 11 is 0. The molecule has 0 saturated heterocycles. The molecule has 2 heterocycles. The van der Waals surface area contributed by atoms with Crippen LogP contribution in [0.3, 0.4) is 0 Å². The van der Waals surface area contributed by atoms with Crippen LogP contribution in [0.2, 0.25) is 0 Å². The number of hydrogen-bond donors (Lipinski definition) is 0. The van der Waals surface area contributed by atoms with Gasteiger partial charge in [-0.25, -0.2) is 9.98 Å². The lowest BCUT2D eigenvalue weighted by molar-refractivity contribution is 0.163. The molecule has 0 fully saturated rings. The van der Waals surface area contributed by atoms with Gasteiger partial charge < -0.3 is 9.47 Å². The van der Waals surface area contributed by atoms with Gasteiger partial charge in [-0.2, -0.15) is 0 Å². The van der Waals surface area contributed by atoms with Crippen LogP contribution in [0.25, 0.3) is 43.1 Å². The van der Waals surface area contributed by atoms with E-state index >= 15 is 0 Å². The van der Waals surface area contributed by atoms with Gasteiger partial charge in [0.2, 0.25) is 0 Å². The molecule has 2 aliphatic rings. The van der Waals surface area contributed by atoms with Crippen molar-refractivity contribution in [2.75, 3.05) is 0 Å². The first-order chi connectivity index (χ1) is 26.0. The lowest BCUT2D eigenvalue weighted by atomic mass is 9.90. The van der Waals surface area contributed by atoms with E-state index in [0.29, 0.717) is 11.8 Å². The SMILES string of the molecule is CC(C)(C1=N[C@@H](c2cccc3ccccc23)[C@@H](c2cccc3ccccc23)O1)C1=N[C@@H](c2cccc3ccccc23)[C@@H](c2cccc3ccccc23)O1. The van der Waals surface area contributed by atoms with E-state index in [1.165, 1.54) is 43.1 Å². The molecular weight excluding hydrogens is 649 g/mol. The standard InChI is InChI=1S/C49H38N2O2/c1-49(2,47-50-43(39-27-11-19-31-15-3-7-23-35(31)39)45(52-47)41-29-13-21-33-17-5-9-25-37(33)41)48-51-44(40-28-12-20-32-16-4-8-24-36(32)40)46(53-48)42-30-14-22-34-18-6-10-26-38(34)42/h3-30,43-46H,1-2H3/t43-,44-,45+,46+/m0/s1. The number of benzene rings is 8. The van der Waals surface area contributed by atoms with Gasteiger partial charge in [0.15, 0.2) is 24.0 Å². The zero-order valence-electron chi connectivity index (χ0n) is 29.7. The van der Waals surface area contributed by atoms with E-state index in [2.05, 4.69) is 184 Å². The monoisotopic (exact) mass is 686 g/mol. The number of aliphatic imine (C=N–C) groups is 2. The molecule has 2 aliphatic heterocycles. The van der Waals surface area contributed by atoms with Crippen molar-refractivity contribution in [1.29, 1.82) is 0 Å². The minimum Gasteiger partial charge on any atom is -0.469 e. The van der Waals surface area contributed by atoms with E-state index in [0.717, 1.165) is 22.3 Å². The van der Waals surface area contributed by atoms with Crippen molar-refractivity contribution in [1.82, 2.24) is 0 Å². The fourth-order valence-electron chi connectivity index (χ4n) is 8.47. The summed E-state index contributed by atoms with van der Waals surface area (Å²) in [4.78, 5) is 11.0. The van der Waals surface area contributed by atoms with Crippen LogP contribution < -0.4 is 0 Å². The molecule has 0 saturated carbocycles. The van der Waals surface area contributed by atoms with Crippen molar-refractivity contribution < 1.29 is 9.47 Å². The van der Waals surface area contributed by atoms with Gasteiger partial charge in [0.25, 0.3) is 0 Å². The number of fused-ring (bicyclic) bond motifs is 4. The van der Waals surface area contributed by atoms with Crippen LogP contribution in [0.5, 0.6) is 0 Å². The molecule has 0 aromatic heterocycles. The van der Waals surface area contributed by atoms with Gasteiger partial charge in [-0.1, -0.05) is 170 Å². The summed E-state index contributed by atoms with van der Waals surface area (Å²) < 4.78 is 14.3. The number of nitrogens with zero attached hydrogens (tertiary/aromatic N) is 2. The summed E-state index contributed by atoms with van der Waals surface area (Å²) in [6.45, 7) is 4.28. The topological polar surface area (TPSA) is 43.2 Å². The maximum absolute atomic E-state index is 7.16. The quantitative estimate of drug-likeness (QED) is 0.175. The van der Waals surface area contributed by atoms with Crippen LogP contribution >= 0.6 is 0 Å². The van der Waals surface area contributed by atoms with Crippen molar-refractivity contribution in [3.63, 3.8) is 0 Å². The Morgan fingerprint density at radius 3 is 1.00 bits per heavy atom. The Labute approximate surface area is 309 Å². The third-order valence-electron chi connectivity index (χ3n) is 11.2. The Morgan fingerprint density at radius 1 is 0.358 bits per heavy atom. The summed E-state index contributed by atoms with van der Waals surface area (Å²) in [6, 6.07) is 59.5. The van der Waals surface area contributed by atoms with Crippen molar-refractivity contribution in [2.24, 2.45) is 15.4 Å². The third kappa shape index (κ3) is 5.20. The molecule has 0 unspecified atom stereocenters. The first-order valence-corrected chi connectivity index (χ1v) is 18.5. The first kappa shape index (κ1) is 31.5. The third-order valence-corrected chi connectivity index (χ3v) is 11.2. The average Bonchev–Trinajstić information content (AvgIpc) is 3.87. The van der Waals surface area contributed by atoms with Gasteiger partial charge in [0.1, 0.15) is 17.5 Å². The molecule has 8 aromatic rings. The minimum atomic E-state index is -0.773. The first-order valence-electron chi connectivity index (χ1n) is 18.5. The van der Waals surface area contributed by atoms with Gasteiger partial charge in [-0.15, -0.1) is 0 Å². The number of ether oxygens (including phenoxy) is 2. The molecule has 0 N–H and O–H groups in total. The predicted molar refractivity (Wildman–Crippen MR) is 218 cm³/mol. The van der Waals surface area contributed by atoms with Crippen LogP contribution in [-0.2, 0) is 9.47 Å². The fourth-order valence-corrected chi connectivity index (χ4v) is 8.47. The largest absolute Gasteiger partial charge is 0.469 e. The molecule has 0 aliphatic carbocycles. The second-order valence-electron chi connectivity index (χ2n) is 14.7. The minimum absolute atomic E-state index is 0.272. The highest BCUT2D eigenvalue weighted by molar-refractivity contribution is 6.06. The Hall–Kier alpha value is -6.26. The van der Waals surface area contributed by atoms with E-state index in [4.69, 9.17) is 19.5 Å². The molecule has 0 radical (unpaired) electrons. The maximum atomic E-state index is 7.16. The zero-order valence-corrected chi connectivity index (χ0v) is 29.7. The Kier molecular flexibility index (Phi) is 7.40. The summed E-state index contributed by atoms with van der Waals surface area (Å²) in [5.41, 5.74) is 3.75. The summed E-state index contributed by atoms with van der Waals surface area (Å²) in [6.07, 6.45) is -0.683. The van der Waals surface area contributed by atoms with Crippen molar-refractivity contribution in [2.45, 2.75) is 38.1 Å². The van der Waals surface area contributed by atoms with E-state index in [1.54, 1.807) is 0 Å². The highest BCUT2D eigenvalue weighted by Gasteiger charge is 2.48. The van der Waals surface area contributed by atoms with Crippen LogP contribution in [0.4, 0.5) is 0 Å². The molecular formula is C49H38N2O2. The number of rotatable bonds is 6. The maximum Gasteiger partial charge on any atom is 0.200 e. The van der Waals surface area contributed by atoms with Crippen LogP contribution in [-0.4, -0.2) is 11.8 Å². The van der Waals surface area contributed by atoms with Crippen molar-refractivity contribution in [3.05, 3.63) is 192 Å². The van der Waals surface area contributed by atoms with Crippen molar-refractivity contribution >= 4 is 54.9 Å². The molecule has 0 bridgehead atoms. The highest BCUT2D eigenvalue weighted by Crippen LogP contribution is 2.51. The number of hydrogen-bond acceptors (Lipinski definition) is 4. The average molecular weight is 687 g/mol. The molecule has 10 rings (SSSR count). The normalized spacial score (nSPS) is 20.0. The molecule has 4 atom stereocenters. The lowest BCUT2D eigenvalue weighted by Gasteiger charge is -2.27. The van der Waals surface area contributed by atoms with E-state index in [1.807, 2.05) is 0 Å². The smallest absolute Gasteiger partial charge is 0.200 e. The van der Waals surface area contributed by atoms with E-state index in [9.17, 15) is 0 Å². The van der Waals surface area contributed by atoms with E-state index in [-0.39, 0.29) is 24.3 Å². The molecule has 0 spiro atoms. The van der Waals surface area contributed by atoms with Gasteiger partial charge in [0, 0.05) is 11.1 Å². The second-order valence-corrected chi connectivity index (χ2v) is 14.7. The van der Waals surface area contributed by atoms with Gasteiger partial charge in [-0.05, 0) is 68.1 Å². The fraction of sp³-hybridized carbons (Fsp3) is 0.143. The van der Waals surface area contributed by atoms with Crippen LogP contribution in [0.15, 0.2) is 180 Å². The molecule has 53 heavy (non-hydrogen) atoms. The Balaban J connectivity index is 1.12. The summed E-state index contributed by atoms with van der Waals surface area (Å²) in [5.74, 6) is 1.25. The van der Waals surface area contributed by atoms with Crippen LogP contribution in [0.1, 0.15) is 60.4 Å². The Bertz CT molecular complexity index is 2550. The van der Waals surface area contributed by atoms with E-state index < -0.39 is 5.41 Å². The summed E-state index contributed by atoms with van der Waals surface area (Å²) in [5, 5.41) is 9.42. The predicted octanol–water partition coefficient (Wildman–Crippen LogP) is 12.4. The highest BCUT2D eigenvalue weighted by atomic mass is 16.5.